The SMILES string of the molecule is COc1ccc(OCC2=CCN(C)c3cc(C)oc(=O)c32)cc1. The van der Waals surface area contributed by atoms with Crippen LogP contribution in [0.15, 0.2) is 45.6 Å². The van der Waals surface area contributed by atoms with Gasteiger partial charge in [0.15, 0.2) is 0 Å². The van der Waals surface area contributed by atoms with Gasteiger partial charge in [-0.1, -0.05) is 6.08 Å². The molecule has 0 amide bonds. The molecule has 5 nitrogen and oxygen atoms in total. The van der Waals surface area contributed by atoms with E-state index in [-0.39, 0.29) is 5.63 Å². The van der Waals surface area contributed by atoms with Gasteiger partial charge in [-0.2, -0.15) is 0 Å². The molecule has 1 aromatic heterocycles. The molecule has 1 aliphatic rings. The molecule has 1 aliphatic heterocycles. The number of anilines is 1. The van der Waals surface area contributed by atoms with Gasteiger partial charge in [-0.3, -0.25) is 0 Å². The van der Waals surface area contributed by atoms with Crippen molar-refractivity contribution in [3.8, 4) is 11.5 Å². The van der Waals surface area contributed by atoms with Crippen molar-refractivity contribution in [2.24, 2.45) is 0 Å². The zero-order chi connectivity index (χ0) is 16.4. The third-order valence-electron chi connectivity index (χ3n) is 3.85. The first-order valence-corrected chi connectivity index (χ1v) is 7.40. The minimum absolute atomic E-state index is 0.320. The lowest BCUT2D eigenvalue weighted by Gasteiger charge is -2.26. The molecule has 0 radical (unpaired) electrons. The van der Waals surface area contributed by atoms with E-state index in [0.717, 1.165) is 29.3 Å². The molecule has 0 N–H and O–H groups in total. The maximum atomic E-state index is 12.2. The largest absolute Gasteiger partial charge is 0.497 e. The molecule has 1 aromatic carbocycles. The monoisotopic (exact) mass is 313 g/mol. The van der Waals surface area contributed by atoms with Gasteiger partial charge in [-0.05, 0) is 31.2 Å². The number of likely N-dealkylation sites (N-methyl/N-ethyl adjacent to an activating group) is 1. The van der Waals surface area contributed by atoms with Crippen molar-refractivity contribution in [3.05, 3.63) is 58.2 Å². The quantitative estimate of drug-likeness (QED) is 0.869. The van der Waals surface area contributed by atoms with E-state index in [0.29, 0.717) is 17.9 Å². The third-order valence-corrected chi connectivity index (χ3v) is 3.85. The number of ether oxygens (including phenoxy) is 2. The summed E-state index contributed by atoms with van der Waals surface area (Å²) < 4.78 is 16.2. The Labute approximate surface area is 134 Å². The summed E-state index contributed by atoms with van der Waals surface area (Å²) in [6, 6.07) is 9.24. The molecule has 3 rings (SSSR count). The maximum Gasteiger partial charge on any atom is 0.345 e. The molecule has 5 heteroatoms. The summed E-state index contributed by atoms with van der Waals surface area (Å²) in [6.45, 7) is 2.83. The number of hydrogen-bond donors (Lipinski definition) is 0. The average molecular weight is 313 g/mol. The highest BCUT2D eigenvalue weighted by Crippen LogP contribution is 2.29. The fourth-order valence-electron chi connectivity index (χ4n) is 2.60. The molecular formula is C18H19NO4. The fraction of sp³-hybridized carbons (Fsp3) is 0.278. The summed E-state index contributed by atoms with van der Waals surface area (Å²) in [6.07, 6.45) is 2.00. The Hall–Kier alpha value is -2.69. The molecular weight excluding hydrogens is 294 g/mol. The highest BCUT2D eigenvalue weighted by molar-refractivity contribution is 5.79. The number of methoxy groups -OCH3 is 1. The summed E-state index contributed by atoms with van der Waals surface area (Å²) in [5.74, 6) is 2.11. The van der Waals surface area contributed by atoms with Gasteiger partial charge >= 0.3 is 5.63 Å². The van der Waals surface area contributed by atoms with Crippen LogP contribution in [0.25, 0.3) is 5.57 Å². The molecule has 120 valence electrons. The number of aryl methyl sites for hydroxylation is 1. The van der Waals surface area contributed by atoms with Crippen LogP contribution < -0.4 is 20.0 Å². The van der Waals surface area contributed by atoms with Crippen LogP contribution in [0.5, 0.6) is 11.5 Å². The minimum atomic E-state index is -0.323. The first-order chi connectivity index (χ1) is 11.1. The molecule has 23 heavy (non-hydrogen) atoms. The van der Waals surface area contributed by atoms with Crippen molar-refractivity contribution in [2.45, 2.75) is 6.92 Å². The van der Waals surface area contributed by atoms with E-state index >= 15 is 0 Å². The second kappa shape index (κ2) is 6.20. The number of fused-ring (bicyclic) bond motifs is 1. The van der Waals surface area contributed by atoms with Crippen LogP contribution in [0.2, 0.25) is 0 Å². The molecule has 0 unspecified atom stereocenters. The third kappa shape index (κ3) is 3.08. The summed E-state index contributed by atoms with van der Waals surface area (Å²) in [4.78, 5) is 14.3. The van der Waals surface area contributed by atoms with Crippen LogP contribution >= 0.6 is 0 Å². The second-order valence-corrected chi connectivity index (χ2v) is 5.48. The number of benzene rings is 1. The van der Waals surface area contributed by atoms with Crippen LogP contribution in [0.3, 0.4) is 0 Å². The summed E-state index contributed by atoms with van der Waals surface area (Å²) >= 11 is 0. The van der Waals surface area contributed by atoms with Crippen molar-refractivity contribution in [2.75, 3.05) is 32.2 Å². The lowest BCUT2D eigenvalue weighted by molar-refractivity contribution is 0.366. The van der Waals surface area contributed by atoms with E-state index < -0.39 is 0 Å². The number of hydrogen-bond acceptors (Lipinski definition) is 5. The summed E-state index contributed by atoms with van der Waals surface area (Å²) in [5.41, 5.74) is 1.99. The molecule has 0 aliphatic carbocycles. The van der Waals surface area contributed by atoms with Gasteiger partial charge in [0.05, 0.1) is 18.4 Å². The summed E-state index contributed by atoms with van der Waals surface area (Å²) in [7, 11) is 3.58. The van der Waals surface area contributed by atoms with Crippen molar-refractivity contribution >= 4 is 11.3 Å². The minimum Gasteiger partial charge on any atom is -0.497 e. The number of nitrogens with zero attached hydrogens (tertiary/aromatic N) is 1. The molecule has 2 heterocycles. The highest BCUT2D eigenvalue weighted by atomic mass is 16.5. The lowest BCUT2D eigenvalue weighted by Crippen LogP contribution is -2.27. The van der Waals surface area contributed by atoms with Crippen LogP contribution in [0.4, 0.5) is 5.69 Å². The van der Waals surface area contributed by atoms with E-state index in [1.807, 2.05) is 48.4 Å². The summed E-state index contributed by atoms with van der Waals surface area (Å²) in [5, 5.41) is 0. The first-order valence-electron chi connectivity index (χ1n) is 7.40. The molecule has 0 saturated heterocycles. The second-order valence-electron chi connectivity index (χ2n) is 5.48. The van der Waals surface area contributed by atoms with Gasteiger partial charge in [0.1, 0.15) is 23.9 Å². The Morgan fingerprint density at radius 1 is 1.22 bits per heavy atom. The Morgan fingerprint density at radius 2 is 1.91 bits per heavy atom. The Balaban J connectivity index is 1.83. The van der Waals surface area contributed by atoms with Gasteiger partial charge in [0.2, 0.25) is 0 Å². The molecule has 0 bridgehead atoms. The van der Waals surface area contributed by atoms with E-state index in [2.05, 4.69) is 0 Å². The fourth-order valence-corrected chi connectivity index (χ4v) is 2.60. The molecule has 0 fully saturated rings. The van der Waals surface area contributed by atoms with Crippen LogP contribution in [-0.2, 0) is 0 Å². The smallest absolute Gasteiger partial charge is 0.345 e. The van der Waals surface area contributed by atoms with Crippen LogP contribution in [-0.4, -0.2) is 27.3 Å². The van der Waals surface area contributed by atoms with Crippen molar-refractivity contribution in [1.29, 1.82) is 0 Å². The van der Waals surface area contributed by atoms with Crippen molar-refractivity contribution < 1.29 is 13.9 Å². The predicted molar refractivity (Wildman–Crippen MR) is 89.5 cm³/mol. The standard InChI is InChI=1S/C18H19NO4/c1-12-10-16-17(18(20)23-12)13(8-9-19(16)2)11-22-15-6-4-14(21-3)5-7-15/h4-8,10H,9,11H2,1-3H3. The molecule has 0 atom stereocenters. The van der Waals surface area contributed by atoms with Crippen LogP contribution in [0, 0.1) is 6.92 Å². The molecule has 0 saturated carbocycles. The Bertz CT molecular complexity index is 790. The van der Waals surface area contributed by atoms with Crippen molar-refractivity contribution in [1.82, 2.24) is 0 Å². The Morgan fingerprint density at radius 3 is 2.61 bits per heavy atom. The predicted octanol–water partition coefficient (Wildman–Crippen LogP) is 2.87. The number of rotatable bonds is 4. The van der Waals surface area contributed by atoms with Gasteiger partial charge in [0, 0.05) is 25.2 Å². The zero-order valence-electron chi connectivity index (χ0n) is 13.5. The van der Waals surface area contributed by atoms with E-state index in [9.17, 15) is 4.79 Å². The zero-order valence-corrected chi connectivity index (χ0v) is 13.5. The van der Waals surface area contributed by atoms with E-state index in [1.54, 1.807) is 14.0 Å². The Kier molecular flexibility index (Phi) is 4.10. The normalized spacial score (nSPS) is 13.3. The molecule has 2 aromatic rings. The van der Waals surface area contributed by atoms with Gasteiger partial charge < -0.3 is 18.8 Å². The van der Waals surface area contributed by atoms with Crippen molar-refractivity contribution in [3.63, 3.8) is 0 Å². The maximum absolute atomic E-state index is 12.2. The van der Waals surface area contributed by atoms with Gasteiger partial charge in [-0.25, -0.2) is 4.79 Å². The van der Waals surface area contributed by atoms with Gasteiger partial charge in [-0.15, -0.1) is 0 Å². The molecule has 0 spiro atoms. The van der Waals surface area contributed by atoms with E-state index in [1.165, 1.54) is 0 Å². The topological polar surface area (TPSA) is 51.9 Å². The highest BCUT2D eigenvalue weighted by Gasteiger charge is 2.21. The lowest BCUT2D eigenvalue weighted by atomic mass is 10.0. The van der Waals surface area contributed by atoms with Crippen LogP contribution in [0.1, 0.15) is 11.3 Å². The average Bonchev–Trinajstić information content (AvgIpc) is 2.55. The van der Waals surface area contributed by atoms with Gasteiger partial charge in [0.25, 0.3) is 0 Å². The van der Waals surface area contributed by atoms with E-state index in [4.69, 9.17) is 13.9 Å². The first kappa shape index (κ1) is 15.2.